The first-order valence-electron chi connectivity index (χ1n) is 5.38. The van der Waals surface area contributed by atoms with E-state index in [1.165, 1.54) is 24.2 Å². The normalized spacial score (nSPS) is 26.7. The van der Waals surface area contributed by atoms with E-state index in [9.17, 15) is 0 Å². The zero-order valence-corrected chi connectivity index (χ0v) is 9.02. The molecule has 2 fully saturated rings. The monoisotopic (exact) mass is 205 g/mol. The van der Waals surface area contributed by atoms with Crippen molar-refractivity contribution in [2.45, 2.75) is 24.1 Å². The number of rotatable bonds is 2. The Morgan fingerprint density at radius 2 is 2.07 bits per heavy atom. The Hall–Kier alpha value is -0.470. The second-order valence-electron chi connectivity index (χ2n) is 4.15. The van der Waals surface area contributed by atoms with Crippen molar-refractivity contribution in [2.75, 3.05) is 12.3 Å². The summed E-state index contributed by atoms with van der Waals surface area (Å²) in [6.07, 6.45) is 2.80. The van der Waals surface area contributed by atoms with Crippen LogP contribution in [0.15, 0.2) is 24.3 Å². The van der Waals surface area contributed by atoms with Crippen molar-refractivity contribution in [1.29, 1.82) is 0 Å². The molecule has 0 aromatic heterocycles. The molecule has 1 unspecified atom stereocenters. The predicted octanol–water partition coefficient (Wildman–Crippen LogP) is 2.90. The quantitative estimate of drug-likeness (QED) is 0.796. The molecule has 74 valence electrons. The Bertz CT molecular complexity index is 327. The van der Waals surface area contributed by atoms with E-state index in [2.05, 4.69) is 29.6 Å². The van der Waals surface area contributed by atoms with Gasteiger partial charge in [-0.05, 0) is 29.9 Å². The molecule has 3 rings (SSSR count). The lowest BCUT2D eigenvalue weighted by Crippen LogP contribution is -2.12. The zero-order valence-electron chi connectivity index (χ0n) is 8.20. The number of nitrogens with one attached hydrogen (secondary N) is 1. The summed E-state index contributed by atoms with van der Waals surface area (Å²) in [5.74, 6) is 2.12. The van der Waals surface area contributed by atoms with Gasteiger partial charge in [-0.25, -0.2) is 0 Å². The minimum absolute atomic E-state index is 0.550. The lowest BCUT2D eigenvalue weighted by Gasteiger charge is -2.10. The molecule has 1 aromatic rings. The predicted molar refractivity (Wildman–Crippen MR) is 61.6 cm³/mol. The Morgan fingerprint density at radius 1 is 1.21 bits per heavy atom. The van der Waals surface area contributed by atoms with Crippen LogP contribution < -0.4 is 5.32 Å². The van der Waals surface area contributed by atoms with Crippen molar-refractivity contribution in [2.24, 2.45) is 0 Å². The number of thioether (sulfide) groups is 1. The van der Waals surface area contributed by atoms with E-state index in [0.29, 0.717) is 5.37 Å². The van der Waals surface area contributed by atoms with Gasteiger partial charge >= 0.3 is 0 Å². The van der Waals surface area contributed by atoms with E-state index in [-0.39, 0.29) is 0 Å². The topological polar surface area (TPSA) is 12.0 Å². The highest BCUT2D eigenvalue weighted by Crippen LogP contribution is 2.41. The molecular weight excluding hydrogens is 190 g/mol. The van der Waals surface area contributed by atoms with Crippen molar-refractivity contribution in [3.05, 3.63) is 35.4 Å². The highest BCUT2D eigenvalue weighted by Gasteiger charge is 2.24. The standard InChI is InChI=1S/C12H15NS/c1-2-10(9-4-5-9)8-11(3-1)12-13-6-7-14-12/h1-3,8-9,12-13H,4-7H2. The van der Waals surface area contributed by atoms with Crippen molar-refractivity contribution in [1.82, 2.24) is 5.32 Å². The molecule has 1 saturated carbocycles. The summed E-state index contributed by atoms with van der Waals surface area (Å²) in [4.78, 5) is 0. The molecule has 1 N–H and O–H groups in total. The molecule has 0 spiro atoms. The van der Waals surface area contributed by atoms with Gasteiger partial charge in [-0.1, -0.05) is 24.3 Å². The van der Waals surface area contributed by atoms with Gasteiger partial charge in [0.25, 0.3) is 0 Å². The summed E-state index contributed by atoms with van der Waals surface area (Å²) >= 11 is 2.03. The fraction of sp³-hybridized carbons (Fsp3) is 0.500. The van der Waals surface area contributed by atoms with E-state index in [0.717, 1.165) is 12.5 Å². The maximum Gasteiger partial charge on any atom is 0.0790 e. The Balaban J connectivity index is 1.85. The second kappa shape index (κ2) is 3.59. The average molecular weight is 205 g/mol. The Morgan fingerprint density at radius 3 is 2.79 bits per heavy atom. The minimum atomic E-state index is 0.550. The van der Waals surface area contributed by atoms with Gasteiger partial charge in [0.2, 0.25) is 0 Å². The van der Waals surface area contributed by atoms with Gasteiger partial charge < -0.3 is 5.32 Å². The molecule has 2 aliphatic rings. The van der Waals surface area contributed by atoms with E-state index in [4.69, 9.17) is 0 Å². The lowest BCUT2D eigenvalue weighted by molar-refractivity contribution is 0.750. The van der Waals surface area contributed by atoms with Gasteiger partial charge in [0.15, 0.2) is 0 Å². The van der Waals surface area contributed by atoms with Gasteiger partial charge in [0.05, 0.1) is 5.37 Å². The minimum Gasteiger partial charge on any atom is -0.301 e. The smallest absolute Gasteiger partial charge is 0.0790 e. The summed E-state index contributed by atoms with van der Waals surface area (Å²) in [5.41, 5.74) is 3.02. The first-order valence-corrected chi connectivity index (χ1v) is 6.43. The zero-order chi connectivity index (χ0) is 9.38. The van der Waals surface area contributed by atoms with Crippen molar-refractivity contribution >= 4 is 11.8 Å². The lowest BCUT2D eigenvalue weighted by atomic mass is 10.1. The number of benzene rings is 1. The van der Waals surface area contributed by atoms with Gasteiger partial charge in [0.1, 0.15) is 0 Å². The molecular formula is C12H15NS. The van der Waals surface area contributed by atoms with Crippen LogP contribution in [-0.4, -0.2) is 12.3 Å². The van der Waals surface area contributed by atoms with Crippen molar-refractivity contribution < 1.29 is 0 Å². The molecule has 14 heavy (non-hydrogen) atoms. The van der Waals surface area contributed by atoms with Crippen LogP contribution >= 0.6 is 11.8 Å². The van der Waals surface area contributed by atoms with Gasteiger partial charge in [0, 0.05) is 12.3 Å². The summed E-state index contributed by atoms with van der Waals surface area (Å²) in [5, 5.41) is 4.07. The molecule has 0 radical (unpaired) electrons. The largest absolute Gasteiger partial charge is 0.301 e. The molecule has 0 amide bonds. The van der Waals surface area contributed by atoms with Crippen LogP contribution in [0.3, 0.4) is 0 Å². The van der Waals surface area contributed by atoms with E-state index in [1.54, 1.807) is 5.56 Å². The first kappa shape index (κ1) is 8.81. The molecule has 1 saturated heterocycles. The van der Waals surface area contributed by atoms with E-state index < -0.39 is 0 Å². The second-order valence-corrected chi connectivity index (χ2v) is 5.36. The summed E-state index contributed by atoms with van der Waals surface area (Å²) in [6, 6.07) is 9.14. The SMILES string of the molecule is c1cc(C2CC2)cc(C2NCCS2)c1. The molecule has 0 bridgehead atoms. The maximum atomic E-state index is 3.52. The number of hydrogen-bond donors (Lipinski definition) is 1. The molecule has 1 aliphatic carbocycles. The average Bonchev–Trinajstić information content (AvgIpc) is 2.94. The van der Waals surface area contributed by atoms with Gasteiger partial charge in [-0.15, -0.1) is 11.8 Å². The number of hydrogen-bond acceptors (Lipinski definition) is 2. The van der Waals surface area contributed by atoms with Gasteiger partial charge in [-0.3, -0.25) is 0 Å². The molecule has 1 heterocycles. The molecule has 1 atom stereocenters. The summed E-state index contributed by atoms with van der Waals surface area (Å²) in [6.45, 7) is 1.16. The van der Waals surface area contributed by atoms with Crippen molar-refractivity contribution in [3.8, 4) is 0 Å². The highest BCUT2D eigenvalue weighted by atomic mass is 32.2. The Labute approximate surface area is 89.3 Å². The maximum absolute atomic E-state index is 3.52. The summed E-state index contributed by atoms with van der Waals surface area (Å²) < 4.78 is 0. The molecule has 1 nitrogen and oxygen atoms in total. The third-order valence-corrected chi connectivity index (χ3v) is 4.19. The highest BCUT2D eigenvalue weighted by molar-refractivity contribution is 7.99. The van der Waals surface area contributed by atoms with E-state index in [1.807, 2.05) is 11.8 Å². The Kier molecular flexibility index (Phi) is 2.26. The van der Waals surface area contributed by atoms with Crippen LogP contribution in [0.1, 0.15) is 35.3 Å². The third-order valence-electron chi connectivity index (χ3n) is 2.98. The van der Waals surface area contributed by atoms with Crippen LogP contribution in [0.5, 0.6) is 0 Å². The molecule has 1 aliphatic heterocycles. The first-order chi connectivity index (χ1) is 6.93. The van der Waals surface area contributed by atoms with Crippen molar-refractivity contribution in [3.63, 3.8) is 0 Å². The summed E-state index contributed by atoms with van der Waals surface area (Å²) in [7, 11) is 0. The molecule has 1 aromatic carbocycles. The fourth-order valence-electron chi connectivity index (χ4n) is 2.03. The van der Waals surface area contributed by atoms with Crippen LogP contribution in [0.2, 0.25) is 0 Å². The molecule has 2 heteroatoms. The van der Waals surface area contributed by atoms with Gasteiger partial charge in [-0.2, -0.15) is 0 Å². The van der Waals surface area contributed by atoms with Crippen LogP contribution in [-0.2, 0) is 0 Å². The van der Waals surface area contributed by atoms with Crippen LogP contribution in [0.4, 0.5) is 0 Å². The van der Waals surface area contributed by atoms with Crippen LogP contribution in [0.25, 0.3) is 0 Å². The van der Waals surface area contributed by atoms with Crippen LogP contribution in [0, 0.1) is 0 Å². The fourth-order valence-corrected chi connectivity index (χ4v) is 3.08. The third kappa shape index (κ3) is 1.69. The van der Waals surface area contributed by atoms with E-state index >= 15 is 0 Å².